The lowest BCUT2D eigenvalue weighted by atomic mass is 9.89. The molecule has 0 saturated heterocycles. The lowest BCUT2D eigenvalue weighted by Crippen LogP contribution is -2.20. The van der Waals surface area contributed by atoms with Crippen LogP contribution in [-0.4, -0.2) is 13.2 Å². The topological polar surface area (TPSA) is 35.2 Å². The maximum Gasteiger partial charge on any atom is 0.123 e. The first-order chi connectivity index (χ1) is 9.22. The lowest BCUT2D eigenvalue weighted by Gasteiger charge is -2.27. The van der Waals surface area contributed by atoms with Crippen LogP contribution in [0, 0.1) is 11.7 Å². The van der Waals surface area contributed by atoms with Crippen molar-refractivity contribution in [3.05, 3.63) is 35.6 Å². The molecule has 0 saturated carbocycles. The molecule has 0 heterocycles. The molecule has 19 heavy (non-hydrogen) atoms. The summed E-state index contributed by atoms with van der Waals surface area (Å²) in [5.41, 5.74) is 6.45. The van der Waals surface area contributed by atoms with Crippen LogP contribution in [0.5, 0.6) is 0 Å². The van der Waals surface area contributed by atoms with Crippen LogP contribution in [0.1, 0.15) is 51.2 Å². The van der Waals surface area contributed by atoms with Crippen molar-refractivity contribution >= 4 is 0 Å². The molecule has 1 aromatic carbocycles. The number of halogens is 1. The average molecular weight is 267 g/mol. The molecule has 0 spiro atoms. The smallest absolute Gasteiger partial charge is 0.123 e. The molecular weight excluding hydrogens is 241 g/mol. The highest BCUT2D eigenvalue weighted by molar-refractivity contribution is 5.19. The Balaban J connectivity index is 2.85. The number of unbranched alkanes of at least 4 members (excludes halogenated alkanes) is 1. The summed E-state index contributed by atoms with van der Waals surface area (Å²) >= 11 is 0. The van der Waals surface area contributed by atoms with Crippen LogP contribution < -0.4 is 5.73 Å². The Hall–Kier alpha value is -0.930. The fourth-order valence-electron chi connectivity index (χ4n) is 2.42. The van der Waals surface area contributed by atoms with Crippen LogP contribution in [-0.2, 0) is 4.74 Å². The Morgan fingerprint density at radius 2 is 2.11 bits per heavy atom. The second-order valence-corrected chi connectivity index (χ2v) is 4.95. The summed E-state index contributed by atoms with van der Waals surface area (Å²) in [7, 11) is 0. The van der Waals surface area contributed by atoms with Gasteiger partial charge in [0.15, 0.2) is 0 Å². The molecule has 3 heteroatoms. The molecule has 2 nitrogen and oxygen atoms in total. The van der Waals surface area contributed by atoms with E-state index in [4.69, 9.17) is 10.5 Å². The molecule has 0 aliphatic heterocycles. The van der Waals surface area contributed by atoms with Gasteiger partial charge in [-0.05, 0) is 30.0 Å². The number of hydrogen-bond donors (Lipinski definition) is 1. The van der Waals surface area contributed by atoms with Crippen molar-refractivity contribution in [2.75, 3.05) is 13.2 Å². The minimum absolute atomic E-state index is 0.0456. The Labute approximate surface area is 116 Å². The molecule has 0 aromatic heterocycles. The Bertz CT molecular complexity index is 356. The predicted molar refractivity (Wildman–Crippen MR) is 77.5 cm³/mol. The summed E-state index contributed by atoms with van der Waals surface area (Å²) in [6.07, 6.45) is 4.44. The number of hydrogen-bond acceptors (Lipinski definition) is 2. The van der Waals surface area contributed by atoms with Crippen molar-refractivity contribution in [2.24, 2.45) is 11.7 Å². The van der Waals surface area contributed by atoms with E-state index in [1.54, 1.807) is 12.1 Å². The quantitative estimate of drug-likeness (QED) is 0.732. The molecule has 0 unspecified atom stereocenters. The first-order valence-corrected chi connectivity index (χ1v) is 7.30. The molecule has 0 fully saturated rings. The molecule has 0 aliphatic rings. The average Bonchev–Trinajstić information content (AvgIpc) is 2.42. The first kappa shape index (κ1) is 16.1. The Morgan fingerprint density at radius 1 is 1.32 bits per heavy atom. The second kappa shape index (κ2) is 9.05. The van der Waals surface area contributed by atoms with E-state index in [0.29, 0.717) is 19.1 Å². The predicted octanol–water partition coefficient (Wildman–Crippen LogP) is 4.06. The van der Waals surface area contributed by atoms with Gasteiger partial charge in [-0.15, -0.1) is 0 Å². The third-order valence-corrected chi connectivity index (χ3v) is 3.47. The summed E-state index contributed by atoms with van der Waals surface area (Å²) in [6.45, 7) is 5.36. The minimum Gasteiger partial charge on any atom is -0.372 e. The number of ether oxygens (including phenoxy) is 1. The van der Waals surface area contributed by atoms with E-state index in [1.807, 2.05) is 6.07 Å². The van der Waals surface area contributed by atoms with Gasteiger partial charge < -0.3 is 10.5 Å². The van der Waals surface area contributed by atoms with E-state index in [9.17, 15) is 4.39 Å². The number of rotatable bonds is 9. The van der Waals surface area contributed by atoms with Crippen molar-refractivity contribution < 1.29 is 9.13 Å². The van der Waals surface area contributed by atoms with Gasteiger partial charge in [-0.3, -0.25) is 0 Å². The van der Waals surface area contributed by atoms with Gasteiger partial charge in [-0.25, -0.2) is 4.39 Å². The van der Waals surface area contributed by atoms with Crippen molar-refractivity contribution in [3.8, 4) is 0 Å². The maximum atomic E-state index is 13.4. The van der Waals surface area contributed by atoms with Gasteiger partial charge in [0.25, 0.3) is 0 Å². The zero-order valence-electron chi connectivity index (χ0n) is 12.1. The van der Waals surface area contributed by atoms with Crippen molar-refractivity contribution in [1.82, 2.24) is 0 Å². The fourth-order valence-corrected chi connectivity index (χ4v) is 2.42. The van der Waals surface area contributed by atoms with Gasteiger partial charge in [-0.1, -0.05) is 45.2 Å². The largest absolute Gasteiger partial charge is 0.372 e. The van der Waals surface area contributed by atoms with E-state index in [-0.39, 0.29) is 11.9 Å². The van der Waals surface area contributed by atoms with E-state index >= 15 is 0 Å². The first-order valence-electron chi connectivity index (χ1n) is 7.30. The normalized spacial score (nSPS) is 14.3. The molecule has 0 bridgehead atoms. The summed E-state index contributed by atoms with van der Waals surface area (Å²) in [6, 6.07) is 6.74. The van der Waals surface area contributed by atoms with Crippen molar-refractivity contribution in [1.29, 1.82) is 0 Å². The number of nitrogens with two attached hydrogens (primary N) is 1. The highest BCUT2D eigenvalue weighted by Gasteiger charge is 2.22. The van der Waals surface area contributed by atoms with Crippen molar-refractivity contribution in [3.63, 3.8) is 0 Å². The summed E-state index contributed by atoms with van der Waals surface area (Å²) in [5, 5.41) is 0. The van der Waals surface area contributed by atoms with Gasteiger partial charge in [0.2, 0.25) is 0 Å². The summed E-state index contributed by atoms with van der Waals surface area (Å²) in [5.74, 6) is 0.220. The van der Waals surface area contributed by atoms with Gasteiger partial charge in [0.1, 0.15) is 5.82 Å². The molecular formula is C16H26FNO. The maximum absolute atomic E-state index is 13.4. The van der Waals surface area contributed by atoms with Crippen LogP contribution in [0.2, 0.25) is 0 Å². The molecule has 0 amide bonds. The SMILES string of the molecule is CCCC[C@H](CC)[C@@H](OCCN)c1cccc(F)c1. The van der Waals surface area contributed by atoms with Gasteiger partial charge in [-0.2, -0.15) is 0 Å². The van der Waals surface area contributed by atoms with Crippen LogP contribution in [0.4, 0.5) is 4.39 Å². The van der Waals surface area contributed by atoms with Gasteiger partial charge >= 0.3 is 0 Å². The molecule has 108 valence electrons. The fraction of sp³-hybridized carbons (Fsp3) is 0.625. The zero-order valence-corrected chi connectivity index (χ0v) is 12.1. The van der Waals surface area contributed by atoms with E-state index in [0.717, 1.165) is 18.4 Å². The third-order valence-electron chi connectivity index (χ3n) is 3.47. The monoisotopic (exact) mass is 267 g/mol. The lowest BCUT2D eigenvalue weighted by molar-refractivity contribution is 0.00982. The molecule has 2 atom stereocenters. The van der Waals surface area contributed by atoms with Crippen LogP contribution >= 0.6 is 0 Å². The third kappa shape index (κ3) is 5.29. The standard InChI is InChI=1S/C16H26FNO/c1-3-5-7-13(4-2)16(19-11-10-18)14-8-6-9-15(17)12-14/h6,8-9,12-13,16H,3-5,7,10-11,18H2,1-2H3/t13-,16+/m0/s1. The molecule has 1 rings (SSSR count). The Morgan fingerprint density at radius 3 is 2.68 bits per heavy atom. The van der Waals surface area contributed by atoms with Crippen LogP contribution in [0.25, 0.3) is 0 Å². The Kier molecular flexibility index (Phi) is 7.68. The van der Waals surface area contributed by atoms with Crippen molar-refractivity contribution in [2.45, 2.75) is 45.6 Å². The number of benzene rings is 1. The summed E-state index contributed by atoms with van der Waals surface area (Å²) < 4.78 is 19.3. The van der Waals surface area contributed by atoms with E-state index in [2.05, 4.69) is 13.8 Å². The van der Waals surface area contributed by atoms with Gasteiger partial charge in [0.05, 0.1) is 12.7 Å². The highest BCUT2D eigenvalue weighted by Crippen LogP contribution is 2.32. The highest BCUT2D eigenvalue weighted by atomic mass is 19.1. The van der Waals surface area contributed by atoms with Crippen LogP contribution in [0.15, 0.2) is 24.3 Å². The van der Waals surface area contributed by atoms with Gasteiger partial charge in [0, 0.05) is 6.54 Å². The minimum atomic E-state index is -0.204. The van der Waals surface area contributed by atoms with E-state index in [1.165, 1.54) is 18.9 Å². The van der Waals surface area contributed by atoms with Crippen LogP contribution in [0.3, 0.4) is 0 Å². The summed E-state index contributed by atoms with van der Waals surface area (Å²) in [4.78, 5) is 0. The molecule has 1 aromatic rings. The molecule has 0 radical (unpaired) electrons. The molecule has 0 aliphatic carbocycles. The zero-order chi connectivity index (χ0) is 14.1. The van der Waals surface area contributed by atoms with E-state index < -0.39 is 0 Å². The second-order valence-electron chi connectivity index (χ2n) is 4.95. The molecule has 2 N–H and O–H groups in total.